The number of aliphatic imine (C=N–C) groups is 1. The number of hydrogen-bond acceptors (Lipinski definition) is 2. The van der Waals surface area contributed by atoms with Crippen LogP contribution in [0.5, 0.6) is 0 Å². The van der Waals surface area contributed by atoms with Gasteiger partial charge >= 0.3 is 0 Å². The van der Waals surface area contributed by atoms with Crippen LogP contribution in [0, 0.1) is 0 Å². The van der Waals surface area contributed by atoms with Crippen LogP contribution < -0.4 is 5.32 Å². The molecule has 0 amide bonds. The van der Waals surface area contributed by atoms with Gasteiger partial charge in [-0.1, -0.05) is 37.3 Å². The molecule has 30 heavy (non-hydrogen) atoms. The molecule has 3 nitrogen and oxygen atoms in total. The van der Waals surface area contributed by atoms with Crippen LogP contribution in [0.15, 0.2) is 64.5 Å². The Hall–Kier alpha value is -2.39. The minimum atomic E-state index is 0.355. The van der Waals surface area contributed by atoms with Gasteiger partial charge in [0.25, 0.3) is 0 Å². The molecule has 0 saturated heterocycles. The van der Waals surface area contributed by atoms with Gasteiger partial charge in [-0.2, -0.15) is 0 Å². The molecule has 1 aromatic rings. The Morgan fingerprint density at radius 2 is 1.93 bits per heavy atom. The molecule has 1 atom stereocenters. The normalized spacial score (nSPS) is 19.4. The molecule has 0 bridgehead atoms. The van der Waals surface area contributed by atoms with Crippen molar-refractivity contribution in [2.75, 3.05) is 7.05 Å². The third-order valence-electron chi connectivity index (χ3n) is 6.58. The molecule has 160 valence electrons. The summed E-state index contributed by atoms with van der Waals surface area (Å²) in [5.74, 6) is 1.04. The van der Waals surface area contributed by atoms with E-state index in [9.17, 15) is 0 Å². The molecule has 2 aliphatic rings. The maximum Gasteiger partial charge on any atom is 0.140 e. The summed E-state index contributed by atoms with van der Waals surface area (Å²) < 4.78 is 0. The van der Waals surface area contributed by atoms with Gasteiger partial charge in [0, 0.05) is 35.6 Å². The lowest BCUT2D eigenvalue weighted by atomic mass is 9.88. The van der Waals surface area contributed by atoms with Crippen molar-refractivity contribution in [1.29, 1.82) is 0 Å². The molecule has 0 radical (unpaired) electrons. The first-order valence-electron chi connectivity index (χ1n) is 11.2. The van der Waals surface area contributed by atoms with Gasteiger partial charge in [0.05, 0.1) is 0 Å². The number of benzene rings is 1. The van der Waals surface area contributed by atoms with Gasteiger partial charge < -0.3 is 10.2 Å². The zero-order valence-corrected chi connectivity index (χ0v) is 19.8. The lowest BCUT2D eigenvalue weighted by molar-refractivity contribution is 0.466. The number of allylic oxidation sites excluding steroid dienone is 3. The van der Waals surface area contributed by atoms with Crippen LogP contribution in [0.4, 0.5) is 0 Å². The van der Waals surface area contributed by atoms with Crippen LogP contribution in [0.25, 0.3) is 5.57 Å². The average Bonchev–Trinajstić information content (AvgIpc) is 3.07. The highest BCUT2D eigenvalue weighted by Gasteiger charge is 2.32. The summed E-state index contributed by atoms with van der Waals surface area (Å²) in [6, 6.07) is 7.73. The SMILES string of the molecule is C=C/N=C1\C2=C(C)CCC(c3ccc(C(C)NC)cc3CC)=C(C)C2=CN1C(C)C. The van der Waals surface area contributed by atoms with Gasteiger partial charge in [0.15, 0.2) is 0 Å². The second-order valence-corrected chi connectivity index (χ2v) is 8.72. The van der Waals surface area contributed by atoms with E-state index in [1.54, 1.807) is 6.20 Å². The predicted molar refractivity (Wildman–Crippen MR) is 131 cm³/mol. The molecule has 0 aromatic heterocycles. The molecule has 1 N–H and O–H groups in total. The minimum Gasteiger partial charge on any atom is -0.329 e. The number of fused-ring (bicyclic) bond motifs is 1. The summed E-state index contributed by atoms with van der Waals surface area (Å²) >= 11 is 0. The van der Waals surface area contributed by atoms with Gasteiger partial charge in [0.2, 0.25) is 0 Å². The summed E-state index contributed by atoms with van der Waals surface area (Å²) in [7, 11) is 2.02. The Labute approximate surface area is 183 Å². The maximum absolute atomic E-state index is 4.68. The quantitative estimate of drug-likeness (QED) is 0.582. The van der Waals surface area contributed by atoms with Crippen molar-refractivity contribution in [2.45, 2.75) is 72.9 Å². The van der Waals surface area contributed by atoms with Crippen molar-refractivity contribution >= 4 is 11.4 Å². The largest absolute Gasteiger partial charge is 0.329 e. The summed E-state index contributed by atoms with van der Waals surface area (Å²) in [6.07, 6.45) is 7.13. The number of amidine groups is 1. The standard InChI is InChI=1S/C27H37N3/c1-9-21-15-22(20(7)28-8)12-14-24(21)23-13-11-18(5)26-25(19(23)6)16-30(17(3)4)27(26)29-10-2/h10,12,14-17,20,28H,2,9,11,13H2,1,3-8H3/b29-27+. The second kappa shape index (κ2) is 9.18. The first-order chi connectivity index (χ1) is 14.3. The highest BCUT2D eigenvalue weighted by Crippen LogP contribution is 2.42. The fourth-order valence-electron chi connectivity index (χ4n) is 4.59. The van der Waals surface area contributed by atoms with Crippen molar-refractivity contribution in [1.82, 2.24) is 10.2 Å². The van der Waals surface area contributed by atoms with Gasteiger partial charge in [-0.3, -0.25) is 0 Å². The van der Waals surface area contributed by atoms with Crippen molar-refractivity contribution in [2.24, 2.45) is 4.99 Å². The molecule has 1 aliphatic heterocycles. The van der Waals surface area contributed by atoms with Gasteiger partial charge in [0.1, 0.15) is 5.84 Å². The Bertz CT molecular complexity index is 956. The van der Waals surface area contributed by atoms with Crippen LogP contribution in [0.2, 0.25) is 0 Å². The number of hydrogen-bond donors (Lipinski definition) is 1. The summed E-state index contributed by atoms with van der Waals surface area (Å²) in [5.41, 5.74) is 11.1. The molecule has 0 fully saturated rings. The zero-order chi connectivity index (χ0) is 22.0. The first kappa shape index (κ1) is 22.3. The topological polar surface area (TPSA) is 27.6 Å². The Morgan fingerprint density at radius 1 is 1.20 bits per heavy atom. The molecule has 1 unspecified atom stereocenters. The number of aryl methyl sites for hydroxylation is 1. The van der Waals surface area contributed by atoms with Crippen molar-refractivity contribution in [3.05, 3.63) is 76.2 Å². The molecule has 1 heterocycles. The third-order valence-corrected chi connectivity index (χ3v) is 6.58. The molecule has 0 saturated carbocycles. The zero-order valence-electron chi connectivity index (χ0n) is 19.8. The Kier molecular flexibility index (Phi) is 6.82. The molecule has 3 heteroatoms. The molecule has 3 rings (SSSR count). The molecular formula is C27H37N3. The Balaban J connectivity index is 2.16. The highest BCUT2D eigenvalue weighted by molar-refractivity contribution is 6.09. The van der Waals surface area contributed by atoms with Crippen molar-refractivity contribution in [3.63, 3.8) is 0 Å². The van der Waals surface area contributed by atoms with Crippen LogP contribution in [-0.2, 0) is 6.42 Å². The average molecular weight is 404 g/mol. The van der Waals surface area contributed by atoms with E-state index >= 15 is 0 Å². The molecular weight excluding hydrogens is 366 g/mol. The molecule has 1 aromatic carbocycles. The number of rotatable bonds is 6. The lowest BCUT2D eigenvalue weighted by Crippen LogP contribution is -2.29. The fourth-order valence-corrected chi connectivity index (χ4v) is 4.59. The number of nitrogens with one attached hydrogen (secondary N) is 1. The smallest absolute Gasteiger partial charge is 0.140 e. The monoisotopic (exact) mass is 403 g/mol. The highest BCUT2D eigenvalue weighted by atomic mass is 15.2. The number of nitrogens with zero attached hydrogens (tertiary/aromatic N) is 2. The van der Waals surface area contributed by atoms with E-state index in [1.165, 1.54) is 44.6 Å². The van der Waals surface area contributed by atoms with Crippen LogP contribution >= 0.6 is 0 Å². The fraction of sp³-hybridized carbons (Fsp3) is 0.444. The van der Waals surface area contributed by atoms with E-state index in [0.29, 0.717) is 12.1 Å². The van der Waals surface area contributed by atoms with Crippen LogP contribution in [0.1, 0.15) is 77.1 Å². The first-order valence-corrected chi connectivity index (χ1v) is 11.2. The van der Waals surface area contributed by atoms with Gasteiger partial charge in [-0.05, 0) is 88.8 Å². The van der Waals surface area contributed by atoms with E-state index < -0.39 is 0 Å². The van der Waals surface area contributed by atoms with E-state index in [2.05, 4.69) is 87.7 Å². The van der Waals surface area contributed by atoms with Crippen molar-refractivity contribution < 1.29 is 0 Å². The van der Waals surface area contributed by atoms with E-state index in [1.807, 2.05) is 7.05 Å². The summed E-state index contributed by atoms with van der Waals surface area (Å²) in [6.45, 7) is 17.3. The van der Waals surface area contributed by atoms with Crippen LogP contribution in [0.3, 0.4) is 0 Å². The lowest BCUT2D eigenvalue weighted by Gasteiger charge is -2.22. The van der Waals surface area contributed by atoms with Gasteiger partial charge in [-0.15, -0.1) is 0 Å². The summed E-state index contributed by atoms with van der Waals surface area (Å²) in [5, 5.41) is 3.36. The molecule has 0 spiro atoms. The minimum absolute atomic E-state index is 0.355. The van der Waals surface area contributed by atoms with Crippen molar-refractivity contribution in [3.8, 4) is 0 Å². The second-order valence-electron chi connectivity index (χ2n) is 8.72. The van der Waals surface area contributed by atoms with E-state index in [4.69, 9.17) is 0 Å². The van der Waals surface area contributed by atoms with Gasteiger partial charge in [-0.25, -0.2) is 4.99 Å². The van der Waals surface area contributed by atoms with E-state index in [0.717, 1.165) is 25.1 Å². The molecule has 1 aliphatic carbocycles. The maximum atomic E-state index is 4.68. The Morgan fingerprint density at radius 3 is 2.53 bits per heavy atom. The predicted octanol–water partition coefficient (Wildman–Crippen LogP) is 6.56. The summed E-state index contributed by atoms with van der Waals surface area (Å²) in [4.78, 5) is 6.97. The third kappa shape index (κ3) is 3.96. The van der Waals surface area contributed by atoms with E-state index in [-0.39, 0.29) is 0 Å². The van der Waals surface area contributed by atoms with Crippen LogP contribution in [-0.4, -0.2) is 23.8 Å².